The number of carbonyl (C=O) groups excluding carboxylic acids is 1. The third kappa shape index (κ3) is 4.70. The molecule has 3 heterocycles. The molecule has 2 aromatic rings. The van der Waals surface area contributed by atoms with Crippen molar-refractivity contribution in [1.29, 1.82) is 0 Å². The van der Waals surface area contributed by atoms with Gasteiger partial charge in [0, 0.05) is 24.0 Å². The predicted molar refractivity (Wildman–Crippen MR) is 115 cm³/mol. The molecule has 0 spiro atoms. The number of hydrogen-bond acceptors (Lipinski definition) is 5. The van der Waals surface area contributed by atoms with Crippen LogP contribution in [0.1, 0.15) is 29.8 Å². The lowest BCUT2D eigenvalue weighted by Crippen LogP contribution is -2.38. The Balaban J connectivity index is 1.51. The van der Waals surface area contributed by atoms with Crippen molar-refractivity contribution < 1.29 is 26.4 Å². The van der Waals surface area contributed by atoms with Gasteiger partial charge in [0.15, 0.2) is 0 Å². The van der Waals surface area contributed by atoms with E-state index in [1.54, 1.807) is 18.7 Å². The van der Waals surface area contributed by atoms with E-state index in [9.17, 15) is 26.4 Å². The van der Waals surface area contributed by atoms with E-state index < -0.39 is 33.7 Å². The zero-order valence-corrected chi connectivity index (χ0v) is 18.5. The molecule has 1 aromatic heterocycles. The fourth-order valence-corrected chi connectivity index (χ4v) is 4.58. The normalized spacial score (nSPS) is 18.3. The largest absolute Gasteiger partial charge is 0.416 e. The summed E-state index contributed by atoms with van der Waals surface area (Å²) in [7, 11) is -3.49. The molecular formula is C21H20F3N5O3S. The van der Waals surface area contributed by atoms with Crippen molar-refractivity contribution in [3.05, 3.63) is 71.2 Å². The molecule has 1 atom stereocenters. The first-order chi connectivity index (χ1) is 15.4. The van der Waals surface area contributed by atoms with Gasteiger partial charge in [0.2, 0.25) is 0 Å². The van der Waals surface area contributed by atoms with Crippen molar-refractivity contribution in [3.8, 4) is 5.69 Å². The van der Waals surface area contributed by atoms with E-state index in [1.807, 2.05) is 0 Å². The summed E-state index contributed by atoms with van der Waals surface area (Å²) < 4.78 is 67.5. The van der Waals surface area contributed by atoms with Gasteiger partial charge < -0.3 is 10.2 Å². The van der Waals surface area contributed by atoms with Gasteiger partial charge in [-0.2, -0.15) is 18.3 Å². The number of rotatable bonds is 4. The van der Waals surface area contributed by atoms with Gasteiger partial charge in [0.05, 0.1) is 34.8 Å². The van der Waals surface area contributed by atoms with E-state index in [0.717, 1.165) is 12.1 Å². The summed E-state index contributed by atoms with van der Waals surface area (Å²) in [5.41, 5.74) is 1.04. The van der Waals surface area contributed by atoms with E-state index in [0.29, 0.717) is 16.8 Å². The van der Waals surface area contributed by atoms with Crippen LogP contribution in [0.25, 0.3) is 5.69 Å². The zero-order chi connectivity index (χ0) is 24.0. The molecule has 8 nitrogen and oxygen atoms in total. The number of fused-ring (bicyclic) bond motifs is 1. The number of benzene rings is 1. The highest BCUT2D eigenvalue weighted by atomic mass is 32.2. The molecule has 0 bridgehead atoms. The minimum absolute atomic E-state index is 0.139. The second-order valence-electron chi connectivity index (χ2n) is 7.69. The third-order valence-corrected chi connectivity index (χ3v) is 6.53. The molecule has 0 aliphatic carbocycles. The van der Waals surface area contributed by atoms with Crippen LogP contribution in [0.4, 0.5) is 13.2 Å². The number of nitrogens with one attached hydrogen (secondary N) is 1. The summed E-state index contributed by atoms with van der Waals surface area (Å²) in [4.78, 5) is 14.4. The second kappa shape index (κ2) is 8.18. The van der Waals surface area contributed by atoms with E-state index in [4.69, 9.17) is 0 Å². The first-order valence-electron chi connectivity index (χ1n) is 9.97. The molecule has 12 heteroatoms. The smallest absolute Gasteiger partial charge is 0.345 e. The second-order valence-corrected chi connectivity index (χ2v) is 9.44. The van der Waals surface area contributed by atoms with Crippen LogP contribution in [-0.2, 0) is 21.0 Å². The Kier molecular flexibility index (Phi) is 5.64. The van der Waals surface area contributed by atoms with Crippen molar-refractivity contribution in [2.45, 2.75) is 26.1 Å². The van der Waals surface area contributed by atoms with Crippen LogP contribution < -0.4 is 5.32 Å². The Bertz CT molecular complexity index is 1310. The van der Waals surface area contributed by atoms with Crippen LogP contribution in [0, 0.1) is 6.92 Å². The average Bonchev–Trinajstić information content (AvgIpc) is 3.13. The molecule has 0 fully saturated rings. The topological polar surface area (TPSA) is 96.7 Å². The Morgan fingerprint density at radius 1 is 1.24 bits per heavy atom. The fraction of sp³-hybridized carbons (Fsp3) is 0.286. The van der Waals surface area contributed by atoms with Crippen molar-refractivity contribution >= 4 is 21.8 Å². The number of halogens is 3. The lowest BCUT2D eigenvalue weighted by atomic mass is 10.1. The molecule has 0 saturated heterocycles. The number of alkyl halides is 3. The number of amidine groups is 1. The van der Waals surface area contributed by atoms with Crippen molar-refractivity contribution in [1.82, 2.24) is 20.0 Å². The Morgan fingerprint density at radius 2 is 2.00 bits per heavy atom. The van der Waals surface area contributed by atoms with E-state index >= 15 is 0 Å². The van der Waals surface area contributed by atoms with Crippen LogP contribution in [-0.4, -0.2) is 47.1 Å². The standard InChI is InChI=1S/C21H20F3N5O3S/c1-13(26-20(30)15-6-7-19-27-33(31,32)9-8-28(19)12-15)18-11-25-29(14(18)2)17-5-3-4-16(10-17)21(22,23)24/h3-7,10-13H,8-9H2,1-2H3,(H,26,30)/t13-/m1/s1. The van der Waals surface area contributed by atoms with Crippen LogP contribution in [0.5, 0.6) is 0 Å². The fourth-order valence-electron chi connectivity index (χ4n) is 3.61. The predicted octanol–water partition coefficient (Wildman–Crippen LogP) is 2.87. The maximum absolute atomic E-state index is 13.1. The average molecular weight is 479 g/mol. The minimum atomic E-state index is -4.47. The quantitative estimate of drug-likeness (QED) is 0.728. The maximum Gasteiger partial charge on any atom is 0.416 e. The van der Waals surface area contributed by atoms with Crippen LogP contribution in [0.2, 0.25) is 0 Å². The highest BCUT2D eigenvalue weighted by molar-refractivity contribution is 7.90. The van der Waals surface area contributed by atoms with Gasteiger partial charge >= 0.3 is 6.18 Å². The minimum Gasteiger partial charge on any atom is -0.345 e. The van der Waals surface area contributed by atoms with Crippen LogP contribution >= 0.6 is 0 Å². The monoisotopic (exact) mass is 479 g/mol. The SMILES string of the molecule is Cc1c([C@@H](C)NC(=O)C2=CN3CCS(=O)(=O)N=C3C=C2)cnn1-c1cccc(C(F)(F)F)c1. The Morgan fingerprint density at radius 3 is 2.73 bits per heavy atom. The number of amides is 1. The van der Waals surface area contributed by atoms with E-state index in [-0.39, 0.29) is 23.8 Å². The molecular weight excluding hydrogens is 459 g/mol. The molecule has 0 radical (unpaired) electrons. The molecule has 0 unspecified atom stereocenters. The highest BCUT2D eigenvalue weighted by Gasteiger charge is 2.31. The van der Waals surface area contributed by atoms with Gasteiger partial charge in [-0.25, -0.2) is 13.1 Å². The summed E-state index contributed by atoms with van der Waals surface area (Å²) in [6.45, 7) is 3.65. The lowest BCUT2D eigenvalue weighted by Gasteiger charge is -2.27. The summed E-state index contributed by atoms with van der Waals surface area (Å²) >= 11 is 0. The summed E-state index contributed by atoms with van der Waals surface area (Å²) in [6, 6.07) is 4.37. The van der Waals surface area contributed by atoms with Crippen molar-refractivity contribution in [2.24, 2.45) is 4.40 Å². The number of carbonyl (C=O) groups is 1. The maximum atomic E-state index is 13.1. The van der Waals surface area contributed by atoms with Crippen molar-refractivity contribution in [2.75, 3.05) is 12.3 Å². The van der Waals surface area contributed by atoms with Gasteiger partial charge in [-0.3, -0.25) is 4.79 Å². The molecule has 4 rings (SSSR count). The molecule has 2 aliphatic heterocycles. The lowest BCUT2D eigenvalue weighted by molar-refractivity contribution is -0.137. The van der Waals surface area contributed by atoms with Crippen molar-refractivity contribution in [3.63, 3.8) is 0 Å². The van der Waals surface area contributed by atoms with Gasteiger partial charge in [-0.15, -0.1) is 4.40 Å². The van der Waals surface area contributed by atoms with Crippen LogP contribution in [0.3, 0.4) is 0 Å². The number of hydrogen-bond donors (Lipinski definition) is 1. The molecule has 174 valence electrons. The molecule has 0 saturated carbocycles. The van der Waals surface area contributed by atoms with Gasteiger partial charge in [-0.05, 0) is 44.2 Å². The van der Waals surface area contributed by atoms with E-state index in [1.165, 1.54) is 41.4 Å². The van der Waals surface area contributed by atoms with Gasteiger partial charge in [-0.1, -0.05) is 6.07 Å². The Labute approximate surface area is 188 Å². The highest BCUT2D eigenvalue weighted by Crippen LogP contribution is 2.31. The summed E-state index contributed by atoms with van der Waals surface area (Å²) in [6.07, 6.45) is 1.52. The summed E-state index contributed by atoms with van der Waals surface area (Å²) in [5, 5.41) is 7.05. The molecule has 1 amide bonds. The number of aromatic nitrogens is 2. The first kappa shape index (κ1) is 22.8. The number of nitrogens with zero attached hydrogens (tertiary/aromatic N) is 4. The zero-order valence-electron chi connectivity index (χ0n) is 17.7. The molecule has 2 aliphatic rings. The first-order valence-corrected chi connectivity index (χ1v) is 11.6. The van der Waals surface area contributed by atoms with Gasteiger partial charge in [0.1, 0.15) is 5.84 Å². The molecule has 1 N–H and O–H groups in total. The van der Waals surface area contributed by atoms with Crippen LogP contribution in [0.15, 0.2) is 58.8 Å². The molecule has 1 aromatic carbocycles. The molecule has 33 heavy (non-hydrogen) atoms. The van der Waals surface area contributed by atoms with E-state index in [2.05, 4.69) is 14.8 Å². The third-order valence-electron chi connectivity index (χ3n) is 5.37. The Hall–Kier alpha value is -3.41. The summed E-state index contributed by atoms with van der Waals surface area (Å²) in [5.74, 6) is -0.276. The van der Waals surface area contributed by atoms with Gasteiger partial charge in [0.25, 0.3) is 15.9 Å². The number of sulfonamides is 1.